The van der Waals surface area contributed by atoms with E-state index >= 15 is 0 Å². The molecule has 1 aromatic rings. The number of esters is 1. The van der Waals surface area contributed by atoms with Crippen LogP contribution in [-0.2, 0) is 4.74 Å². The molecule has 0 saturated carbocycles. The molecule has 1 fully saturated rings. The highest BCUT2D eigenvalue weighted by Crippen LogP contribution is 2.30. The van der Waals surface area contributed by atoms with Crippen LogP contribution in [0.1, 0.15) is 23.7 Å². The molecule has 130 valence electrons. The number of hydrogen-bond donors (Lipinski definition) is 1. The van der Waals surface area contributed by atoms with E-state index in [0.717, 1.165) is 6.42 Å². The normalized spacial score (nSPS) is 14.8. The number of carbonyl (C=O) groups excluding carboxylic acids is 2. The first-order chi connectivity index (χ1) is 11.6. The van der Waals surface area contributed by atoms with Crippen LogP contribution in [0.25, 0.3) is 0 Å². The molecule has 1 heterocycles. The SMILES string of the molecule is CCNC(=O)N1CCCN(c2ccc(C(=O)OC)cc2N=O)CC1. The summed E-state index contributed by atoms with van der Waals surface area (Å²) in [5.74, 6) is -0.510. The summed E-state index contributed by atoms with van der Waals surface area (Å²) < 4.78 is 4.66. The molecule has 0 spiro atoms. The van der Waals surface area contributed by atoms with Gasteiger partial charge in [0.2, 0.25) is 0 Å². The third kappa shape index (κ3) is 4.01. The van der Waals surface area contributed by atoms with Gasteiger partial charge in [-0.25, -0.2) is 9.59 Å². The van der Waals surface area contributed by atoms with E-state index in [1.807, 2.05) is 11.8 Å². The van der Waals surface area contributed by atoms with Crippen molar-refractivity contribution in [3.63, 3.8) is 0 Å². The van der Waals surface area contributed by atoms with Crippen LogP contribution in [-0.4, -0.2) is 56.7 Å². The van der Waals surface area contributed by atoms with Gasteiger partial charge in [0.25, 0.3) is 0 Å². The molecular formula is C16H22N4O4. The Kier molecular flexibility index (Phi) is 6.11. The number of nitrogens with zero attached hydrogens (tertiary/aromatic N) is 3. The Bertz CT molecular complexity index is 620. The second-order valence-corrected chi connectivity index (χ2v) is 5.45. The van der Waals surface area contributed by atoms with Gasteiger partial charge in [0.15, 0.2) is 0 Å². The van der Waals surface area contributed by atoms with Crippen LogP contribution in [0.15, 0.2) is 23.4 Å². The summed E-state index contributed by atoms with van der Waals surface area (Å²) in [6.45, 7) is 4.99. The maximum absolute atomic E-state index is 11.9. The molecule has 0 bridgehead atoms. The fraction of sp³-hybridized carbons (Fsp3) is 0.500. The lowest BCUT2D eigenvalue weighted by Crippen LogP contribution is -2.41. The lowest BCUT2D eigenvalue weighted by Gasteiger charge is -2.24. The van der Waals surface area contributed by atoms with Crippen LogP contribution in [0.2, 0.25) is 0 Å². The third-order valence-electron chi connectivity index (χ3n) is 3.95. The number of rotatable bonds is 4. The summed E-state index contributed by atoms with van der Waals surface area (Å²) in [6, 6.07) is 4.67. The van der Waals surface area contributed by atoms with E-state index < -0.39 is 5.97 Å². The number of nitrogens with one attached hydrogen (secondary N) is 1. The van der Waals surface area contributed by atoms with Gasteiger partial charge in [-0.2, -0.15) is 0 Å². The number of nitroso groups, excluding NO2 is 1. The number of carbonyl (C=O) groups is 2. The quantitative estimate of drug-likeness (QED) is 0.672. The minimum atomic E-state index is -0.510. The topological polar surface area (TPSA) is 91.3 Å². The van der Waals surface area contributed by atoms with Crippen molar-refractivity contribution in [3.05, 3.63) is 28.7 Å². The average Bonchev–Trinajstić information content (AvgIpc) is 2.86. The Labute approximate surface area is 140 Å². The van der Waals surface area contributed by atoms with Gasteiger partial charge in [-0.1, -0.05) is 0 Å². The van der Waals surface area contributed by atoms with Crippen molar-refractivity contribution < 1.29 is 14.3 Å². The van der Waals surface area contributed by atoms with E-state index in [-0.39, 0.29) is 17.3 Å². The Balaban J connectivity index is 2.15. The number of anilines is 1. The van der Waals surface area contributed by atoms with Gasteiger partial charge in [0, 0.05) is 32.7 Å². The summed E-state index contributed by atoms with van der Waals surface area (Å²) in [6.07, 6.45) is 0.786. The summed E-state index contributed by atoms with van der Waals surface area (Å²) >= 11 is 0. The number of hydrogen-bond acceptors (Lipinski definition) is 6. The smallest absolute Gasteiger partial charge is 0.337 e. The van der Waals surface area contributed by atoms with Gasteiger partial charge in [0.1, 0.15) is 5.69 Å². The molecule has 0 aromatic heterocycles. The molecule has 0 aliphatic carbocycles. The molecule has 1 saturated heterocycles. The number of urea groups is 1. The van der Waals surface area contributed by atoms with E-state index in [2.05, 4.69) is 15.2 Å². The molecule has 2 rings (SSSR count). The number of amides is 2. The fourth-order valence-corrected chi connectivity index (χ4v) is 2.73. The summed E-state index contributed by atoms with van der Waals surface area (Å²) in [5.41, 5.74) is 1.15. The maximum Gasteiger partial charge on any atom is 0.337 e. The summed E-state index contributed by atoms with van der Waals surface area (Å²) in [5, 5.41) is 5.84. The minimum absolute atomic E-state index is 0.0749. The lowest BCUT2D eigenvalue weighted by atomic mass is 10.1. The average molecular weight is 334 g/mol. The monoisotopic (exact) mass is 334 g/mol. The van der Waals surface area contributed by atoms with E-state index in [1.165, 1.54) is 13.2 Å². The summed E-state index contributed by atoms with van der Waals surface area (Å²) in [7, 11) is 1.29. The maximum atomic E-state index is 11.9. The van der Waals surface area contributed by atoms with Crippen molar-refractivity contribution in [2.75, 3.05) is 44.7 Å². The molecule has 8 nitrogen and oxygen atoms in total. The molecule has 1 aliphatic rings. The highest BCUT2D eigenvalue weighted by atomic mass is 16.5. The first-order valence-corrected chi connectivity index (χ1v) is 7.94. The van der Waals surface area contributed by atoms with Crippen molar-refractivity contribution in [1.82, 2.24) is 10.2 Å². The largest absolute Gasteiger partial charge is 0.465 e. The van der Waals surface area contributed by atoms with E-state index in [0.29, 0.717) is 38.4 Å². The molecule has 8 heteroatoms. The Hall–Kier alpha value is -2.64. The summed E-state index contributed by atoms with van der Waals surface area (Å²) in [4.78, 5) is 38.5. The van der Waals surface area contributed by atoms with Crippen LogP contribution in [0, 0.1) is 4.91 Å². The molecule has 0 radical (unpaired) electrons. The van der Waals surface area contributed by atoms with Gasteiger partial charge in [-0.05, 0) is 36.7 Å². The zero-order chi connectivity index (χ0) is 17.5. The molecule has 2 amide bonds. The number of methoxy groups -OCH3 is 1. The molecule has 0 atom stereocenters. The fourth-order valence-electron chi connectivity index (χ4n) is 2.73. The highest BCUT2D eigenvalue weighted by Gasteiger charge is 2.21. The first kappa shape index (κ1) is 17.7. The van der Waals surface area contributed by atoms with Crippen LogP contribution < -0.4 is 10.2 Å². The van der Waals surface area contributed by atoms with Crippen LogP contribution in [0.5, 0.6) is 0 Å². The Morgan fingerprint density at radius 1 is 1.25 bits per heavy atom. The lowest BCUT2D eigenvalue weighted by molar-refractivity contribution is 0.0600. The zero-order valence-corrected chi connectivity index (χ0v) is 13.9. The van der Waals surface area contributed by atoms with Crippen molar-refractivity contribution in [1.29, 1.82) is 0 Å². The Morgan fingerprint density at radius 3 is 2.71 bits per heavy atom. The number of ether oxygens (including phenoxy) is 1. The molecule has 1 aliphatic heterocycles. The molecule has 1 N–H and O–H groups in total. The van der Waals surface area contributed by atoms with Gasteiger partial charge in [-0.15, -0.1) is 4.91 Å². The molecule has 0 unspecified atom stereocenters. The van der Waals surface area contributed by atoms with Gasteiger partial charge >= 0.3 is 12.0 Å². The van der Waals surface area contributed by atoms with Crippen molar-refractivity contribution >= 4 is 23.4 Å². The van der Waals surface area contributed by atoms with Crippen LogP contribution >= 0.6 is 0 Å². The van der Waals surface area contributed by atoms with Gasteiger partial charge in [-0.3, -0.25) is 0 Å². The van der Waals surface area contributed by atoms with Crippen LogP contribution in [0.4, 0.5) is 16.2 Å². The second kappa shape index (κ2) is 8.28. The van der Waals surface area contributed by atoms with Crippen LogP contribution in [0.3, 0.4) is 0 Å². The van der Waals surface area contributed by atoms with E-state index in [1.54, 1.807) is 17.0 Å². The van der Waals surface area contributed by atoms with E-state index in [4.69, 9.17) is 0 Å². The van der Waals surface area contributed by atoms with Gasteiger partial charge < -0.3 is 19.9 Å². The number of benzene rings is 1. The standard InChI is InChI=1S/C16H22N4O4/c1-3-17-16(22)20-8-4-7-19(9-10-20)14-6-5-12(15(21)24-2)11-13(14)18-23/h5-6,11H,3-4,7-10H2,1-2H3,(H,17,22). The second-order valence-electron chi connectivity index (χ2n) is 5.45. The highest BCUT2D eigenvalue weighted by molar-refractivity contribution is 5.91. The minimum Gasteiger partial charge on any atom is -0.465 e. The third-order valence-corrected chi connectivity index (χ3v) is 3.95. The Morgan fingerprint density at radius 2 is 2.04 bits per heavy atom. The van der Waals surface area contributed by atoms with Crippen molar-refractivity contribution in [3.8, 4) is 0 Å². The van der Waals surface area contributed by atoms with Gasteiger partial charge in [0.05, 0.1) is 18.4 Å². The molecule has 24 heavy (non-hydrogen) atoms. The van der Waals surface area contributed by atoms with Crippen molar-refractivity contribution in [2.45, 2.75) is 13.3 Å². The zero-order valence-electron chi connectivity index (χ0n) is 13.9. The predicted octanol–water partition coefficient (Wildman–Crippen LogP) is 2.11. The predicted molar refractivity (Wildman–Crippen MR) is 90.7 cm³/mol. The van der Waals surface area contributed by atoms with Crippen molar-refractivity contribution in [2.24, 2.45) is 5.18 Å². The van der Waals surface area contributed by atoms with E-state index in [9.17, 15) is 14.5 Å². The molecular weight excluding hydrogens is 312 g/mol. The first-order valence-electron chi connectivity index (χ1n) is 7.94. The molecule has 1 aromatic carbocycles.